The molecular weight excluding hydrogens is 338 g/mol. The van der Waals surface area contributed by atoms with Crippen LogP contribution in [0.15, 0.2) is 24.3 Å². The van der Waals surface area contributed by atoms with Crippen molar-refractivity contribution >= 4 is 17.8 Å². The first-order valence-corrected chi connectivity index (χ1v) is 8.18. The van der Waals surface area contributed by atoms with Crippen molar-refractivity contribution in [3.8, 4) is 11.8 Å². The summed E-state index contributed by atoms with van der Waals surface area (Å²) in [6, 6.07) is 8.47. The van der Waals surface area contributed by atoms with E-state index >= 15 is 0 Å². The van der Waals surface area contributed by atoms with Crippen LogP contribution in [-0.2, 0) is 14.3 Å². The van der Waals surface area contributed by atoms with E-state index in [-0.39, 0.29) is 12.5 Å². The lowest BCUT2D eigenvalue weighted by atomic mass is 9.98. The monoisotopic (exact) mass is 359 g/mol. The summed E-state index contributed by atoms with van der Waals surface area (Å²) in [5.74, 6) is -0.985. The first-order chi connectivity index (χ1) is 12.4. The summed E-state index contributed by atoms with van der Waals surface area (Å²) in [6.07, 6.45) is 1.78. The highest BCUT2D eigenvalue weighted by atomic mass is 16.5. The van der Waals surface area contributed by atoms with Gasteiger partial charge in [0.05, 0.1) is 13.2 Å². The lowest BCUT2D eigenvalue weighted by Crippen LogP contribution is -2.48. The van der Waals surface area contributed by atoms with Crippen molar-refractivity contribution in [1.82, 2.24) is 10.6 Å². The van der Waals surface area contributed by atoms with E-state index in [0.29, 0.717) is 11.3 Å². The molecule has 2 rings (SSSR count). The van der Waals surface area contributed by atoms with Gasteiger partial charge in [-0.25, -0.2) is 0 Å². The SMILES string of the molecule is COc1ccc(C(=O)NCC(=O)OCC(=O)N[C@](C)(C#N)C2CC2)cc1. The number of carbonyl (C=O) groups excluding carboxylic acids is 3. The molecule has 0 aliphatic heterocycles. The molecule has 0 spiro atoms. The molecule has 0 radical (unpaired) electrons. The van der Waals surface area contributed by atoms with Gasteiger partial charge in [-0.05, 0) is 49.9 Å². The van der Waals surface area contributed by atoms with E-state index < -0.39 is 29.9 Å². The van der Waals surface area contributed by atoms with Gasteiger partial charge in [0.2, 0.25) is 0 Å². The van der Waals surface area contributed by atoms with E-state index in [1.54, 1.807) is 31.2 Å². The van der Waals surface area contributed by atoms with Gasteiger partial charge in [-0.3, -0.25) is 14.4 Å². The fourth-order valence-electron chi connectivity index (χ4n) is 2.40. The van der Waals surface area contributed by atoms with Gasteiger partial charge in [-0.2, -0.15) is 5.26 Å². The Kier molecular flexibility index (Phi) is 6.17. The Morgan fingerprint density at radius 1 is 1.27 bits per heavy atom. The molecule has 0 bridgehead atoms. The average Bonchev–Trinajstić information content (AvgIpc) is 3.50. The van der Waals surface area contributed by atoms with Crippen molar-refractivity contribution in [1.29, 1.82) is 5.26 Å². The standard InChI is InChI=1S/C18H21N3O5/c1-18(11-19,13-5-6-13)21-15(22)10-26-16(23)9-20-17(24)12-3-7-14(25-2)8-4-12/h3-4,7-8,13H,5-6,9-10H2,1-2H3,(H,20,24)(H,21,22)/t18-/m1/s1. The molecule has 1 aliphatic carbocycles. The highest BCUT2D eigenvalue weighted by molar-refractivity contribution is 5.96. The van der Waals surface area contributed by atoms with E-state index in [2.05, 4.69) is 16.7 Å². The van der Waals surface area contributed by atoms with Crippen molar-refractivity contribution in [2.24, 2.45) is 5.92 Å². The third-order valence-corrected chi connectivity index (χ3v) is 4.13. The number of nitrogens with zero attached hydrogens (tertiary/aromatic N) is 1. The van der Waals surface area contributed by atoms with Crippen LogP contribution in [0.25, 0.3) is 0 Å². The molecule has 2 N–H and O–H groups in total. The first-order valence-electron chi connectivity index (χ1n) is 8.18. The van der Waals surface area contributed by atoms with Gasteiger partial charge >= 0.3 is 5.97 Å². The predicted octanol–water partition coefficient (Wildman–Crippen LogP) is 0.777. The van der Waals surface area contributed by atoms with Gasteiger partial charge in [0, 0.05) is 5.56 Å². The highest BCUT2D eigenvalue weighted by Crippen LogP contribution is 2.39. The van der Waals surface area contributed by atoms with Gasteiger partial charge in [-0.15, -0.1) is 0 Å². The molecule has 1 aliphatic rings. The summed E-state index contributed by atoms with van der Waals surface area (Å²) in [6.45, 7) is 0.789. The summed E-state index contributed by atoms with van der Waals surface area (Å²) < 4.78 is 9.82. The maximum absolute atomic E-state index is 11.9. The number of nitrogens with one attached hydrogen (secondary N) is 2. The lowest BCUT2D eigenvalue weighted by molar-refractivity contribution is -0.147. The summed E-state index contributed by atoms with van der Waals surface area (Å²) in [5.41, 5.74) is -0.572. The fraction of sp³-hybridized carbons (Fsp3) is 0.444. The van der Waals surface area contributed by atoms with Gasteiger partial charge in [0.25, 0.3) is 11.8 Å². The van der Waals surface area contributed by atoms with Crippen molar-refractivity contribution in [2.45, 2.75) is 25.3 Å². The molecular formula is C18H21N3O5. The van der Waals surface area contributed by atoms with Gasteiger partial charge < -0.3 is 20.1 Å². The van der Waals surface area contributed by atoms with Crippen LogP contribution in [-0.4, -0.2) is 43.6 Å². The zero-order chi connectivity index (χ0) is 19.2. The summed E-state index contributed by atoms with van der Waals surface area (Å²) >= 11 is 0. The minimum absolute atomic E-state index is 0.135. The number of methoxy groups -OCH3 is 1. The van der Waals surface area contributed by atoms with Crippen LogP contribution in [0.5, 0.6) is 5.75 Å². The summed E-state index contributed by atoms with van der Waals surface area (Å²) in [7, 11) is 1.52. The van der Waals surface area contributed by atoms with Crippen LogP contribution in [0, 0.1) is 17.2 Å². The van der Waals surface area contributed by atoms with Crippen molar-refractivity contribution in [3.05, 3.63) is 29.8 Å². The average molecular weight is 359 g/mol. The number of rotatable bonds is 8. The Morgan fingerprint density at radius 3 is 2.46 bits per heavy atom. The van der Waals surface area contributed by atoms with Crippen LogP contribution in [0.4, 0.5) is 0 Å². The zero-order valence-electron chi connectivity index (χ0n) is 14.7. The molecule has 1 aromatic carbocycles. The number of nitriles is 1. The van der Waals surface area contributed by atoms with Crippen LogP contribution in [0.1, 0.15) is 30.1 Å². The molecule has 2 amide bonds. The predicted molar refractivity (Wildman–Crippen MR) is 91.2 cm³/mol. The smallest absolute Gasteiger partial charge is 0.325 e. The molecule has 138 valence electrons. The molecule has 1 fully saturated rings. The Morgan fingerprint density at radius 2 is 1.92 bits per heavy atom. The normalized spacial score (nSPS) is 15.1. The molecule has 0 heterocycles. The number of hydrogen-bond acceptors (Lipinski definition) is 6. The molecule has 1 atom stereocenters. The van der Waals surface area contributed by atoms with Crippen LogP contribution >= 0.6 is 0 Å². The topological polar surface area (TPSA) is 118 Å². The third-order valence-electron chi connectivity index (χ3n) is 4.13. The number of carbonyl (C=O) groups is 3. The molecule has 0 aromatic heterocycles. The maximum Gasteiger partial charge on any atom is 0.325 e. The highest BCUT2D eigenvalue weighted by Gasteiger charge is 2.43. The van der Waals surface area contributed by atoms with E-state index in [1.165, 1.54) is 7.11 Å². The Bertz CT molecular complexity index is 721. The third kappa shape index (κ3) is 5.21. The van der Waals surface area contributed by atoms with Gasteiger partial charge in [-0.1, -0.05) is 0 Å². The maximum atomic E-state index is 11.9. The minimum atomic E-state index is -0.938. The Labute approximate surface area is 151 Å². The van der Waals surface area contributed by atoms with Crippen molar-refractivity contribution < 1.29 is 23.9 Å². The molecule has 1 aromatic rings. The van der Waals surface area contributed by atoms with E-state index in [4.69, 9.17) is 9.47 Å². The second-order valence-corrected chi connectivity index (χ2v) is 6.21. The van der Waals surface area contributed by atoms with Crippen molar-refractivity contribution in [3.63, 3.8) is 0 Å². The Balaban J connectivity index is 1.72. The zero-order valence-corrected chi connectivity index (χ0v) is 14.7. The lowest BCUT2D eigenvalue weighted by Gasteiger charge is -2.22. The molecule has 8 nitrogen and oxygen atoms in total. The van der Waals surface area contributed by atoms with Crippen molar-refractivity contribution in [2.75, 3.05) is 20.3 Å². The molecule has 26 heavy (non-hydrogen) atoms. The van der Waals surface area contributed by atoms with E-state index in [9.17, 15) is 19.6 Å². The second-order valence-electron chi connectivity index (χ2n) is 6.21. The minimum Gasteiger partial charge on any atom is -0.497 e. The number of benzene rings is 1. The van der Waals surface area contributed by atoms with E-state index in [0.717, 1.165) is 12.8 Å². The summed E-state index contributed by atoms with van der Waals surface area (Å²) in [5, 5.41) is 14.2. The van der Waals surface area contributed by atoms with Gasteiger partial charge in [0.15, 0.2) is 6.61 Å². The number of hydrogen-bond donors (Lipinski definition) is 2. The molecule has 0 unspecified atom stereocenters. The molecule has 1 saturated carbocycles. The fourth-order valence-corrected chi connectivity index (χ4v) is 2.40. The van der Waals surface area contributed by atoms with Crippen LogP contribution in [0.2, 0.25) is 0 Å². The quantitative estimate of drug-likeness (QED) is 0.662. The number of ether oxygens (including phenoxy) is 2. The Hall–Kier alpha value is -3.08. The second kappa shape index (κ2) is 8.34. The molecule has 8 heteroatoms. The molecule has 0 saturated heterocycles. The van der Waals surface area contributed by atoms with Crippen LogP contribution < -0.4 is 15.4 Å². The summed E-state index contributed by atoms with van der Waals surface area (Å²) in [4.78, 5) is 35.4. The van der Waals surface area contributed by atoms with E-state index in [1.807, 2.05) is 0 Å². The largest absolute Gasteiger partial charge is 0.497 e. The van der Waals surface area contributed by atoms with Crippen LogP contribution in [0.3, 0.4) is 0 Å². The number of esters is 1. The number of amides is 2. The van der Waals surface area contributed by atoms with Gasteiger partial charge in [0.1, 0.15) is 17.8 Å². The first kappa shape index (κ1) is 19.2.